The zero-order valence-corrected chi connectivity index (χ0v) is 18.4. The van der Waals surface area contributed by atoms with Gasteiger partial charge in [0.1, 0.15) is 0 Å². The highest BCUT2D eigenvalue weighted by molar-refractivity contribution is 6.40. The summed E-state index contributed by atoms with van der Waals surface area (Å²) in [4.78, 5) is 14.0. The molecule has 0 bridgehead atoms. The van der Waals surface area contributed by atoms with Crippen LogP contribution in [0.1, 0.15) is 31.4 Å². The Balaban J connectivity index is 0.00000132. The molecule has 8 heteroatoms. The third-order valence-electron chi connectivity index (χ3n) is 4.75. The van der Waals surface area contributed by atoms with Crippen LogP contribution in [0.25, 0.3) is 5.57 Å². The van der Waals surface area contributed by atoms with Gasteiger partial charge in [0.05, 0.1) is 27.2 Å². The van der Waals surface area contributed by atoms with Crippen molar-refractivity contribution in [1.82, 2.24) is 5.32 Å². The Bertz CT molecular complexity index is 1110. The van der Waals surface area contributed by atoms with E-state index in [1.165, 1.54) is 4.90 Å². The maximum atomic E-state index is 14.7. The quantitative estimate of drug-likeness (QED) is 0.476. The van der Waals surface area contributed by atoms with Crippen molar-refractivity contribution in [2.24, 2.45) is 0 Å². The van der Waals surface area contributed by atoms with E-state index in [0.717, 1.165) is 12.2 Å². The van der Waals surface area contributed by atoms with Crippen molar-refractivity contribution in [3.8, 4) is 0 Å². The molecule has 0 unspecified atom stereocenters. The molecule has 0 spiro atoms. The first-order chi connectivity index (χ1) is 14.9. The van der Waals surface area contributed by atoms with E-state index in [0.29, 0.717) is 16.8 Å². The number of fused-ring (bicyclic) bond motifs is 1. The minimum absolute atomic E-state index is 0.0109. The number of para-hydroxylation sites is 1. The standard InChI is InChI=1S/C21H14Cl2F2N2O2.C2H6/c22-15-4-2-5-16(23)20(15)27-18-6-1-3-12(14(18)10-26-21(27)29)13-9-11(28)7-8-17(24)19(13)25;1-2/h1-8,28H,9-10H2,(H,26,29);1-2H3. The lowest BCUT2D eigenvalue weighted by molar-refractivity contribution is 0.247. The van der Waals surface area contributed by atoms with Crippen LogP contribution in [0.4, 0.5) is 25.0 Å². The number of hydrogen-bond acceptors (Lipinski definition) is 2. The molecule has 2 aliphatic rings. The zero-order valence-electron chi connectivity index (χ0n) is 16.8. The molecule has 31 heavy (non-hydrogen) atoms. The van der Waals surface area contributed by atoms with E-state index in [4.69, 9.17) is 23.2 Å². The number of allylic oxidation sites excluding steroid dienone is 5. The molecule has 2 amide bonds. The van der Waals surface area contributed by atoms with Crippen molar-refractivity contribution in [3.63, 3.8) is 0 Å². The van der Waals surface area contributed by atoms with Gasteiger partial charge in [-0.1, -0.05) is 55.2 Å². The lowest BCUT2D eigenvalue weighted by Crippen LogP contribution is -2.41. The Morgan fingerprint density at radius 3 is 2.35 bits per heavy atom. The lowest BCUT2D eigenvalue weighted by atomic mass is 9.93. The molecule has 4 nitrogen and oxygen atoms in total. The van der Waals surface area contributed by atoms with Crippen LogP contribution >= 0.6 is 23.2 Å². The second kappa shape index (κ2) is 9.54. The van der Waals surface area contributed by atoms with E-state index >= 15 is 0 Å². The summed E-state index contributed by atoms with van der Waals surface area (Å²) >= 11 is 12.6. The number of aliphatic hydroxyl groups excluding tert-OH is 1. The molecule has 1 heterocycles. The summed E-state index contributed by atoms with van der Waals surface area (Å²) in [6.45, 7) is 4.09. The number of halogens is 4. The molecule has 0 aromatic heterocycles. The van der Waals surface area contributed by atoms with E-state index in [-0.39, 0.29) is 40.0 Å². The van der Waals surface area contributed by atoms with Gasteiger partial charge in [-0.3, -0.25) is 4.90 Å². The summed E-state index contributed by atoms with van der Waals surface area (Å²) in [7, 11) is 0. The van der Waals surface area contributed by atoms with E-state index in [1.807, 2.05) is 13.8 Å². The predicted molar refractivity (Wildman–Crippen MR) is 121 cm³/mol. The van der Waals surface area contributed by atoms with Gasteiger partial charge < -0.3 is 10.4 Å². The number of hydrogen-bond donors (Lipinski definition) is 2. The fourth-order valence-electron chi connectivity index (χ4n) is 3.45. The van der Waals surface area contributed by atoms with Gasteiger partial charge in [0, 0.05) is 24.1 Å². The third-order valence-corrected chi connectivity index (χ3v) is 5.36. The van der Waals surface area contributed by atoms with Crippen LogP contribution in [0.2, 0.25) is 10.0 Å². The number of nitrogens with zero attached hydrogens (tertiary/aromatic N) is 1. The highest BCUT2D eigenvalue weighted by atomic mass is 35.5. The highest BCUT2D eigenvalue weighted by Gasteiger charge is 2.31. The molecule has 0 fully saturated rings. The first kappa shape index (κ1) is 22.8. The van der Waals surface area contributed by atoms with Gasteiger partial charge in [-0.15, -0.1) is 0 Å². The molecular weight excluding hydrogens is 445 g/mol. The Labute approximate surface area is 189 Å². The Kier molecular flexibility index (Phi) is 7.03. The number of amides is 2. The fraction of sp³-hybridized carbons (Fsp3) is 0.174. The lowest BCUT2D eigenvalue weighted by Gasteiger charge is -2.32. The van der Waals surface area contributed by atoms with Gasteiger partial charge in [-0.05, 0) is 35.9 Å². The van der Waals surface area contributed by atoms with Crippen molar-refractivity contribution in [2.45, 2.75) is 26.8 Å². The normalized spacial score (nSPS) is 15.8. The van der Waals surface area contributed by atoms with Crippen LogP contribution in [0.15, 0.2) is 66.0 Å². The first-order valence-corrected chi connectivity index (χ1v) is 10.4. The van der Waals surface area contributed by atoms with Gasteiger partial charge in [0.2, 0.25) is 0 Å². The predicted octanol–water partition coefficient (Wildman–Crippen LogP) is 7.76. The molecule has 0 saturated carbocycles. The SMILES string of the molecule is CC.O=C1NCc2c(C3=C(F)C(F)=CC=C(O)C3)cccc2N1c1c(Cl)cccc1Cl. The number of aliphatic hydroxyl groups is 1. The zero-order chi connectivity index (χ0) is 22.7. The van der Waals surface area contributed by atoms with E-state index in [2.05, 4.69) is 5.32 Å². The number of nitrogens with one attached hydrogen (secondary N) is 1. The van der Waals surface area contributed by atoms with Crippen molar-refractivity contribution >= 4 is 46.2 Å². The van der Waals surface area contributed by atoms with Gasteiger partial charge in [0.15, 0.2) is 11.7 Å². The molecule has 0 radical (unpaired) electrons. The molecule has 2 aromatic rings. The number of rotatable bonds is 2. The Morgan fingerprint density at radius 1 is 1.03 bits per heavy atom. The van der Waals surface area contributed by atoms with Crippen LogP contribution in [0, 0.1) is 0 Å². The topological polar surface area (TPSA) is 52.6 Å². The summed E-state index contributed by atoms with van der Waals surface area (Å²) in [6.07, 6.45) is 1.81. The van der Waals surface area contributed by atoms with Crippen LogP contribution in [-0.4, -0.2) is 11.1 Å². The summed E-state index contributed by atoms with van der Waals surface area (Å²) < 4.78 is 28.7. The van der Waals surface area contributed by atoms with Gasteiger partial charge in [0.25, 0.3) is 0 Å². The molecule has 1 aliphatic carbocycles. The van der Waals surface area contributed by atoms with Crippen molar-refractivity contribution < 1.29 is 18.7 Å². The van der Waals surface area contributed by atoms with Gasteiger partial charge in [-0.25, -0.2) is 13.6 Å². The van der Waals surface area contributed by atoms with Crippen LogP contribution in [0.3, 0.4) is 0 Å². The largest absolute Gasteiger partial charge is 0.512 e. The second-order valence-electron chi connectivity index (χ2n) is 6.51. The van der Waals surface area contributed by atoms with E-state index in [9.17, 15) is 18.7 Å². The average molecular weight is 465 g/mol. The van der Waals surface area contributed by atoms with Crippen LogP contribution in [0.5, 0.6) is 0 Å². The number of anilines is 2. The molecule has 0 atom stereocenters. The number of urea groups is 1. The van der Waals surface area contributed by atoms with Crippen LogP contribution in [-0.2, 0) is 6.54 Å². The minimum atomic E-state index is -1.08. The Morgan fingerprint density at radius 2 is 1.68 bits per heavy atom. The molecule has 1 aliphatic heterocycles. The van der Waals surface area contributed by atoms with Crippen LogP contribution < -0.4 is 10.2 Å². The highest BCUT2D eigenvalue weighted by Crippen LogP contribution is 2.44. The summed E-state index contributed by atoms with van der Waals surface area (Å²) in [6, 6.07) is 9.32. The average Bonchev–Trinajstić information content (AvgIpc) is 2.89. The monoisotopic (exact) mass is 464 g/mol. The third kappa shape index (κ3) is 4.31. The number of carbonyl (C=O) groups is 1. The van der Waals surface area contributed by atoms with Gasteiger partial charge >= 0.3 is 6.03 Å². The maximum Gasteiger partial charge on any atom is 0.326 e. The first-order valence-electron chi connectivity index (χ1n) is 9.67. The Hall–Kier alpha value is -2.83. The fourth-order valence-corrected chi connectivity index (χ4v) is 4.01. The second-order valence-corrected chi connectivity index (χ2v) is 7.32. The molecular formula is C23H20Cl2F2N2O2. The van der Waals surface area contributed by atoms with Crippen molar-refractivity contribution in [1.29, 1.82) is 0 Å². The summed E-state index contributed by atoms with van der Waals surface area (Å²) in [5.74, 6) is -2.31. The molecule has 2 aromatic carbocycles. The van der Waals surface area contributed by atoms with E-state index < -0.39 is 17.7 Å². The maximum absolute atomic E-state index is 14.7. The number of carbonyl (C=O) groups excluding carboxylic acids is 1. The molecule has 4 rings (SSSR count). The van der Waals surface area contributed by atoms with Gasteiger partial charge in [-0.2, -0.15) is 0 Å². The number of benzene rings is 2. The summed E-state index contributed by atoms with van der Waals surface area (Å²) in [5.41, 5.74) is 1.65. The summed E-state index contributed by atoms with van der Waals surface area (Å²) in [5, 5.41) is 13.2. The minimum Gasteiger partial charge on any atom is -0.512 e. The molecule has 0 saturated heterocycles. The van der Waals surface area contributed by atoms with E-state index in [1.54, 1.807) is 36.4 Å². The molecule has 162 valence electrons. The van der Waals surface area contributed by atoms with Crippen molar-refractivity contribution in [3.05, 3.63) is 87.1 Å². The smallest absolute Gasteiger partial charge is 0.326 e. The van der Waals surface area contributed by atoms with Crippen molar-refractivity contribution in [2.75, 3.05) is 4.90 Å². The molecule has 2 N–H and O–H groups in total.